The van der Waals surface area contributed by atoms with E-state index in [1.807, 2.05) is 36.4 Å². The molecule has 0 saturated carbocycles. The summed E-state index contributed by atoms with van der Waals surface area (Å²) in [6.07, 6.45) is 0. The third-order valence-corrected chi connectivity index (χ3v) is 5.02. The monoisotopic (exact) mass is 397 g/mol. The van der Waals surface area contributed by atoms with E-state index in [0.717, 1.165) is 15.6 Å². The summed E-state index contributed by atoms with van der Waals surface area (Å²) in [7, 11) is 0. The molecule has 0 aliphatic heterocycles. The van der Waals surface area contributed by atoms with Crippen LogP contribution in [0.2, 0.25) is 0 Å². The normalized spacial score (nSPS) is 10.5. The predicted octanol–water partition coefficient (Wildman–Crippen LogP) is 3.34. The molecule has 0 saturated heterocycles. The van der Waals surface area contributed by atoms with E-state index in [4.69, 9.17) is 9.47 Å². The number of ketones is 1. The van der Waals surface area contributed by atoms with Crippen molar-refractivity contribution in [3.63, 3.8) is 0 Å². The van der Waals surface area contributed by atoms with Crippen molar-refractivity contribution in [3.05, 3.63) is 64.4 Å². The van der Waals surface area contributed by atoms with Crippen molar-refractivity contribution in [2.75, 3.05) is 13.2 Å². The molecule has 0 aliphatic rings. The number of benzene rings is 2. The van der Waals surface area contributed by atoms with Crippen LogP contribution >= 0.6 is 11.3 Å². The Bertz CT molecular complexity index is 1010. The molecule has 1 N–H and O–H groups in total. The molecule has 0 bridgehead atoms. The smallest absolute Gasteiger partial charge is 0.344 e. The van der Waals surface area contributed by atoms with Gasteiger partial charge in [0.1, 0.15) is 5.75 Å². The van der Waals surface area contributed by atoms with Crippen LogP contribution in [0.3, 0.4) is 0 Å². The molecular formula is C21H19NO5S. The quantitative estimate of drug-likeness (QED) is 0.466. The first-order valence-electron chi connectivity index (χ1n) is 8.65. The molecule has 0 radical (unpaired) electrons. The molecule has 6 nitrogen and oxygen atoms in total. The number of Topliss-reactive ketones (excluding diaryl/α,β-unsaturated/α-hetero) is 1. The summed E-state index contributed by atoms with van der Waals surface area (Å²) in [4.78, 5) is 36.2. The summed E-state index contributed by atoms with van der Waals surface area (Å²) < 4.78 is 10.4. The highest BCUT2D eigenvalue weighted by Crippen LogP contribution is 2.20. The van der Waals surface area contributed by atoms with Crippen LogP contribution < -0.4 is 10.1 Å². The van der Waals surface area contributed by atoms with Crippen molar-refractivity contribution < 1.29 is 23.9 Å². The average Bonchev–Trinajstić information content (AvgIpc) is 3.18. The number of hydrogen-bond acceptors (Lipinski definition) is 6. The van der Waals surface area contributed by atoms with Crippen LogP contribution in [-0.4, -0.2) is 30.9 Å². The molecule has 0 atom stereocenters. The molecule has 1 aromatic heterocycles. The molecule has 2 aromatic carbocycles. The second-order valence-corrected chi connectivity index (χ2v) is 7.23. The van der Waals surface area contributed by atoms with Gasteiger partial charge in [0.05, 0.1) is 11.4 Å². The van der Waals surface area contributed by atoms with Gasteiger partial charge in [-0.1, -0.05) is 30.3 Å². The van der Waals surface area contributed by atoms with Gasteiger partial charge in [0.15, 0.2) is 13.2 Å². The largest absolute Gasteiger partial charge is 0.482 e. The van der Waals surface area contributed by atoms with E-state index in [9.17, 15) is 14.4 Å². The number of rotatable bonds is 8. The van der Waals surface area contributed by atoms with Crippen LogP contribution in [0, 0.1) is 0 Å². The van der Waals surface area contributed by atoms with E-state index in [2.05, 4.69) is 5.32 Å². The Hall–Kier alpha value is -3.19. The summed E-state index contributed by atoms with van der Waals surface area (Å²) in [5.74, 6) is -0.487. The maximum Gasteiger partial charge on any atom is 0.344 e. The van der Waals surface area contributed by atoms with Crippen LogP contribution in [0.5, 0.6) is 5.75 Å². The first kappa shape index (κ1) is 19.6. The van der Waals surface area contributed by atoms with Crippen LogP contribution in [0.1, 0.15) is 21.5 Å². The minimum absolute atomic E-state index is 0.137. The fourth-order valence-corrected chi connectivity index (χ4v) is 3.36. The average molecular weight is 397 g/mol. The van der Waals surface area contributed by atoms with Crippen molar-refractivity contribution in [2.45, 2.75) is 13.5 Å². The molecule has 0 fully saturated rings. The first-order valence-corrected chi connectivity index (χ1v) is 9.46. The Morgan fingerprint density at radius 3 is 2.54 bits per heavy atom. The van der Waals surface area contributed by atoms with E-state index in [-0.39, 0.29) is 24.9 Å². The Kier molecular flexibility index (Phi) is 6.39. The Labute approximate surface area is 166 Å². The van der Waals surface area contributed by atoms with Crippen LogP contribution in [0.15, 0.2) is 54.6 Å². The van der Waals surface area contributed by atoms with Crippen LogP contribution in [-0.2, 0) is 20.9 Å². The van der Waals surface area contributed by atoms with Gasteiger partial charge in [-0.15, -0.1) is 11.3 Å². The molecule has 28 heavy (non-hydrogen) atoms. The van der Waals surface area contributed by atoms with Crippen molar-refractivity contribution in [3.8, 4) is 5.75 Å². The maximum absolute atomic E-state index is 12.1. The van der Waals surface area contributed by atoms with Crippen molar-refractivity contribution in [1.29, 1.82) is 0 Å². The molecular weight excluding hydrogens is 378 g/mol. The number of fused-ring (bicyclic) bond motifs is 1. The van der Waals surface area contributed by atoms with Gasteiger partial charge in [-0.3, -0.25) is 9.59 Å². The molecule has 1 amide bonds. The van der Waals surface area contributed by atoms with Gasteiger partial charge in [0.2, 0.25) is 11.7 Å². The van der Waals surface area contributed by atoms with Crippen molar-refractivity contribution in [2.24, 2.45) is 0 Å². The van der Waals surface area contributed by atoms with E-state index in [1.165, 1.54) is 18.3 Å². The summed E-state index contributed by atoms with van der Waals surface area (Å²) in [6, 6.07) is 16.8. The van der Waals surface area contributed by atoms with Gasteiger partial charge < -0.3 is 14.8 Å². The van der Waals surface area contributed by atoms with Crippen LogP contribution in [0.25, 0.3) is 10.8 Å². The zero-order valence-corrected chi connectivity index (χ0v) is 16.1. The third-order valence-electron chi connectivity index (χ3n) is 3.89. The van der Waals surface area contributed by atoms with Gasteiger partial charge >= 0.3 is 5.97 Å². The molecule has 0 spiro atoms. The molecule has 3 rings (SSSR count). The molecule has 1 heterocycles. The lowest BCUT2D eigenvalue weighted by molar-refractivity contribution is -0.144. The van der Waals surface area contributed by atoms with Gasteiger partial charge in [0, 0.05) is 11.8 Å². The summed E-state index contributed by atoms with van der Waals surface area (Å²) in [6.45, 7) is 1.18. The molecule has 7 heteroatoms. The van der Waals surface area contributed by atoms with E-state index >= 15 is 0 Å². The maximum atomic E-state index is 12.1. The number of amides is 1. The highest BCUT2D eigenvalue weighted by Gasteiger charge is 2.13. The van der Waals surface area contributed by atoms with Gasteiger partial charge in [-0.05, 0) is 35.0 Å². The topological polar surface area (TPSA) is 81.7 Å². The molecule has 0 unspecified atom stereocenters. The second kappa shape index (κ2) is 9.14. The summed E-state index contributed by atoms with van der Waals surface area (Å²) in [5, 5.41) is 4.76. The van der Waals surface area contributed by atoms with Gasteiger partial charge in [-0.25, -0.2) is 4.79 Å². The summed E-state index contributed by atoms with van der Waals surface area (Å²) >= 11 is 1.26. The highest BCUT2D eigenvalue weighted by atomic mass is 32.1. The number of esters is 1. The zero-order chi connectivity index (χ0) is 19.9. The van der Waals surface area contributed by atoms with Crippen molar-refractivity contribution in [1.82, 2.24) is 5.32 Å². The predicted molar refractivity (Wildman–Crippen MR) is 107 cm³/mol. The van der Waals surface area contributed by atoms with E-state index in [1.54, 1.807) is 18.2 Å². The number of hydrogen-bond donors (Lipinski definition) is 1. The van der Waals surface area contributed by atoms with E-state index in [0.29, 0.717) is 17.2 Å². The minimum Gasteiger partial charge on any atom is -0.482 e. The molecule has 0 aliphatic carbocycles. The standard InChI is InChI=1S/C21H19NO5S/c1-14(23)22-11-18-8-9-20(28-18)19(24)12-27-21(25)13-26-17-7-6-15-4-2-3-5-16(15)10-17/h2-10H,11-13H2,1H3,(H,22,23). The zero-order valence-electron chi connectivity index (χ0n) is 15.3. The van der Waals surface area contributed by atoms with Crippen LogP contribution in [0.4, 0.5) is 0 Å². The van der Waals surface area contributed by atoms with Gasteiger partial charge in [-0.2, -0.15) is 0 Å². The van der Waals surface area contributed by atoms with Crippen molar-refractivity contribution >= 4 is 39.8 Å². The number of carbonyl (C=O) groups excluding carboxylic acids is 3. The Morgan fingerprint density at radius 1 is 0.964 bits per heavy atom. The number of thiophene rings is 1. The molecule has 144 valence electrons. The SMILES string of the molecule is CC(=O)NCc1ccc(C(=O)COC(=O)COc2ccc3ccccc3c2)s1. The fraction of sp³-hybridized carbons (Fsp3) is 0.190. The fourth-order valence-electron chi connectivity index (χ4n) is 2.49. The van der Waals surface area contributed by atoms with E-state index < -0.39 is 5.97 Å². The Balaban J connectivity index is 1.45. The number of ether oxygens (including phenoxy) is 2. The lowest BCUT2D eigenvalue weighted by atomic mass is 10.1. The highest BCUT2D eigenvalue weighted by molar-refractivity contribution is 7.14. The number of nitrogens with one attached hydrogen (secondary N) is 1. The lowest BCUT2D eigenvalue weighted by Gasteiger charge is -2.07. The minimum atomic E-state index is -0.614. The lowest BCUT2D eigenvalue weighted by Crippen LogP contribution is -2.19. The Morgan fingerprint density at radius 2 is 1.75 bits per heavy atom. The first-order chi connectivity index (χ1) is 13.5. The third kappa shape index (κ3) is 5.40. The van der Waals surface area contributed by atoms with Gasteiger partial charge in [0.25, 0.3) is 0 Å². The number of carbonyl (C=O) groups is 3. The second-order valence-electron chi connectivity index (χ2n) is 6.06. The molecule has 3 aromatic rings. The summed E-state index contributed by atoms with van der Waals surface area (Å²) in [5.41, 5.74) is 0.